The Hall–Kier alpha value is -2.88. The molecule has 0 aromatic heterocycles. The van der Waals surface area contributed by atoms with Gasteiger partial charge < -0.3 is 0 Å². The standard InChI is InChI=1S/C30H30O3PSi/c31-34-32-30(21-26-13-5-1-6-14-26,22-27-15-7-2-8-16-27)25-35(33-34,23-28-17-9-3-10-18-28)24-29-19-11-4-12-20-29/h1-20H,21-25H2/q+1. The summed E-state index contributed by atoms with van der Waals surface area (Å²) in [6.07, 6.45) is 1.40. The SMILES string of the molecule is O=[P+]1OC(Cc2ccccc2)(Cc2ccccc2)C[Si](Cc2ccccc2)(Cc2ccccc2)O1. The Labute approximate surface area is 209 Å². The molecule has 0 N–H and O–H groups in total. The molecule has 1 heterocycles. The van der Waals surface area contributed by atoms with Crippen LogP contribution in [0.3, 0.4) is 0 Å². The van der Waals surface area contributed by atoms with Crippen LogP contribution in [0.15, 0.2) is 121 Å². The highest BCUT2D eigenvalue weighted by molar-refractivity contribution is 7.36. The molecule has 5 heteroatoms. The van der Waals surface area contributed by atoms with E-state index >= 15 is 0 Å². The molecule has 1 unspecified atom stereocenters. The number of rotatable bonds is 8. The Bertz CT molecular complexity index is 1050. The van der Waals surface area contributed by atoms with Gasteiger partial charge in [-0.15, -0.1) is 4.52 Å². The first kappa shape index (κ1) is 23.8. The zero-order chi connectivity index (χ0) is 24.0. The van der Waals surface area contributed by atoms with E-state index < -0.39 is 22.2 Å². The number of hydrogen-bond acceptors (Lipinski definition) is 3. The van der Waals surface area contributed by atoms with Crippen LogP contribution in [0.25, 0.3) is 0 Å². The first-order valence-corrected chi connectivity index (χ1v) is 15.8. The summed E-state index contributed by atoms with van der Waals surface area (Å²) in [5.74, 6) is 0. The molecule has 1 fully saturated rings. The molecule has 1 saturated heterocycles. The van der Waals surface area contributed by atoms with Crippen molar-refractivity contribution < 1.29 is 13.3 Å². The lowest BCUT2D eigenvalue weighted by atomic mass is 9.89. The molecule has 1 atom stereocenters. The van der Waals surface area contributed by atoms with E-state index in [4.69, 9.17) is 8.74 Å². The Morgan fingerprint density at radius 3 is 1.37 bits per heavy atom. The summed E-state index contributed by atoms with van der Waals surface area (Å²) in [7, 11) is -4.82. The van der Waals surface area contributed by atoms with Gasteiger partial charge in [-0.2, -0.15) is 4.21 Å². The maximum absolute atomic E-state index is 13.4. The van der Waals surface area contributed by atoms with Crippen molar-refractivity contribution in [1.29, 1.82) is 0 Å². The van der Waals surface area contributed by atoms with Gasteiger partial charge in [-0.25, -0.2) is 0 Å². The first-order chi connectivity index (χ1) is 17.1. The summed E-state index contributed by atoms with van der Waals surface area (Å²) >= 11 is 0. The van der Waals surface area contributed by atoms with Crippen LogP contribution < -0.4 is 0 Å². The molecule has 4 aromatic carbocycles. The van der Waals surface area contributed by atoms with Crippen LogP contribution >= 0.6 is 8.25 Å². The summed E-state index contributed by atoms with van der Waals surface area (Å²) in [6, 6.07) is 44.2. The van der Waals surface area contributed by atoms with Crippen LogP contribution in [0.2, 0.25) is 6.04 Å². The summed E-state index contributed by atoms with van der Waals surface area (Å²) in [5.41, 5.74) is 4.25. The zero-order valence-corrected chi connectivity index (χ0v) is 21.6. The van der Waals surface area contributed by atoms with Crippen LogP contribution in [0.5, 0.6) is 0 Å². The monoisotopic (exact) mass is 497 g/mol. The highest BCUT2D eigenvalue weighted by Gasteiger charge is 2.60. The van der Waals surface area contributed by atoms with Gasteiger partial charge in [0.15, 0.2) is 0 Å². The van der Waals surface area contributed by atoms with Crippen LogP contribution in [-0.4, -0.2) is 13.9 Å². The van der Waals surface area contributed by atoms with Gasteiger partial charge in [-0.05, 0) is 34.3 Å². The largest absolute Gasteiger partial charge is 0.685 e. The minimum atomic E-state index is -2.58. The quantitative estimate of drug-likeness (QED) is 0.188. The molecule has 4 aromatic rings. The maximum atomic E-state index is 13.4. The molecule has 35 heavy (non-hydrogen) atoms. The smallest absolute Gasteiger partial charge is 0.174 e. The van der Waals surface area contributed by atoms with Crippen molar-refractivity contribution in [3.63, 3.8) is 0 Å². The maximum Gasteiger partial charge on any atom is 0.685 e. The van der Waals surface area contributed by atoms with E-state index in [0.717, 1.165) is 18.1 Å². The van der Waals surface area contributed by atoms with Crippen molar-refractivity contribution in [2.45, 2.75) is 36.6 Å². The Balaban J connectivity index is 1.57. The third-order valence-electron chi connectivity index (χ3n) is 6.66. The molecule has 0 spiro atoms. The minimum Gasteiger partial charge on any atom is -0.174 e. The molecule has 1 aliphatic rings. The summed E-state index contributed by atoms with van der Waals surface area (Å²) in [6.45, 7) is 0. The van der Waals surface area contributed by atoms with Crippen molar-refractivity contribution in [2.75, 3.05) is 0 Å². The lowest BCUT2D eigenvalue weighted by Crippen LogP contribution is -2.55. The van der Waals surface area contributed by atoms with Crippen LogP contribution in [0.4, 0.5) is 0 Å². The van der Waals surface area contributed by atoms with Crippen LogP contribution in [0.1, 0.15) is 22.3 Å². The highest BCUT2D eigenvalue weighted by Crippen LogP contribution is 2.50. The predicted molar refractivity (Wildman–Crippen MR) is 144 cm³/mol. The lowest BCUT2D eigenvalue weighted by molar-refractivity contribution is 0.0650. The van der Waals surface area contributed by atoms with Crippen molar-refractivity contribution in [3.05, 3.63) is 144 Å². The van der Waals surface area contributed by atoms with E-state index in [0.29, 0.717) is 12.8 Å². The summed E-state index contributed by atoms with van der Waals surface area (Å²) < 4.78 is 26.2. The number of benzene rings is 4. The van der Waals surface area contributed by atoms with Gasteiger partial charge in [0, 0.05) is 23.5 Å². The van der Waals surface area contributed by atoms with Gasteiger partial charge in [-0.1, -0.05) is 121 Å². The van der Waals surface area contributed by atoms with Gasteiger partial charge in [0.05, 0.1) is 0 Å². The Morgan fingerprint density at radius 2 is 0.971 bits per heavy atom. The zero-order valence-electron chi connectivity index (χ0n) is 19.8. The van der Waals surface area contributed by atoms with Gasteiger partial charge in [0.1, 0.15) is 5.60 Å². The molecule has 0 bridgehead atoms. The third-order valence-corrected chi connectivity index (χ3v) is 12.7. The second-order valence-corrected chi connectivity index (χ2v) is 14.4. The van der Waals surface area contributed by atoms with Gasteiger partial charge in [0.25, 0.3) is 8.32 Å². The fraction of sp³-hybridized carbons (Fsp3) is 0.200. The van der Waals surface area contributed by atoms with E-state index in [-0.39, 0.29) is 0 Å². The average molecular weight is 498 g/mol. The molecular formula is C30H30O3PSi+. The lowest BCUT2D eigenvalue weighted by Gasteiger charge is -2.39. The van der Waals surface area contributed by atoms with Crippen molar-refractivity contribution >= 4 is 16.6 Å². The van der Waals surface area contributed by atoms with E-state index in [2.05, 4.69) is 97.1 Å². The topological polar surface area (TPSA) is 35.5 Å². The highest BCUT2D eigenvalue weighted by atomic mass is 31.1. The van der Waals surface area contributed by atoms with Crippen LogP contribution in [-0.2, 0) is 38.2 Å². The molecule has 1 aliphatic heterocycles. The molecule has 0 amide bonds. The van der Waals surface area contributed by atoms with Gasteiger partial charge in [0.2, 0.25) is 0 Å². The molecule has 0 radical (unpaired) electrons. The predicted octanol–water partition coefficient (Wildman–Crippen LogP) is 7.42. The molecule has 0 aliphatic carbocycles. The van der Waals surface area contributed by atoms with Crippen molar-refractivity contribution in [3.8, 4) is 0 Å². The second kappa shape index (κ2) is 10.8. The Kier molecular flexibility index (Phi) is 7.36. The molecule has 5 rings (SSSR count). The van der Waals surface area contributed by atoms with E-state index in [1.54, 1.807) is 0 Å². The van der Waals surface area contributed by atoms with Gasteiger partial charge in [-0.3, -0.25) is 0 Å². The average Bonchev–Trinajstić information content (AvgIpc) is 2.86. The van der Waals surface area contributed by atoms with Crippen molar-refractivity contribution in [1.82, 2.24) is 0 Å². The number of hydrogen-bond donors (Lipinski definition) is 0. The van der Waals surface area contributed by atoms with Gasteiger partial charge >= 0.3 is 8.25 Å². The summed E-state index contributed by atoms with van der Waals surface area (Å²) in [4.78, 5) is 0. The Morgan fingerprint density at radius 1 is 0.600 bits per heavy atom. The fourth-order valence-electron chi connectivity index (χ4n) is 5.36. The first-order valence-electron chi connectivity index (χ1n) is 12.1. The molecular weight excluding hydrogens is 467 g/mol. The molecule has 3 nitrogen and oxygen atoms in total. The minimum absolute atomic E-state index is 0.593. The molecule has 176 valence electrons. The van der Waals surface area contributed by atoms with Crippen molar-refractivity contribution in [2.24, 2.45) is 0 Å². The normalized spacial score (nSPS) is 17.7. The molecule has 0 saturated carbocycles. The van der Waals surface area contributed by atoms with E-state index in [9.17, 15) is 4.57 Å². The van der Waals surface area contributed by atoms with E-state index in [1.165, 1.54) is 22.3 Å². The fourth-order valence-corrected chi connectivity index (χ4v) is 12.0. The third kappa shape index (κ3) is 6.22. The second-order valence-electron chi connectivity index (χ2n) is 9.60. The summed E-state index contributed by atoms with van der Waals surface area (Å²) in [5, 5.41) is 0. The van der Waals surface area contributed by atoms with Crippen LogP contribution in [0, 0.1) is 0 Å². The van der Waals surface area contributed by atoms with E-state index in [1.807, 2.05) is 24.3 Å².